The fourth-order valence-electron chi connectivity index (χ4n) is 0.820. The first-order valence-corrected chi connectivity index (χ1v) is 3.17. The summed E-state index contributed by atoms with van der Waals surface area (Å²) in [6.45, 7) is 0. The predicted molar refractivity (Wildman–Crippen MR) is 36.2 cm³/mol. The molecule has 0 saturated carbocycles. The number of rotatable bonds is 1. The van der Waals surface area contributed by atoms with E-state index < -0.39 is 0 Å². The number of tetrazole rings is 1. The molecule has 0 aliphatic carbocycles. The number of hydrogen-bond acceptors (Lipinski definition) is 3. The second-order valence-electron chi connectivity index (χ2n) is 2.02. The Morgan fingerprint density at radius 2 is 2.09 bits per heavy atom. The molecule has 0 fully saturated rings. The maximum absolute atomic E-state index is 3.83. The molecule has 0 radical (unpaired) electrons. The summed E-state index contributed by atoms with van der Waals surface area (Å²) in [5.74, 6) is 0.610. The molecular formula is C6H6N5+. The first kappa shape index (κ1) is 5.96. The zero-order chi connectivity index (χ0) is 7.52. The van der Waals surface area contributed by atoms with Crippen LogP contribution in [0.3, 0.4) is 0 Å². The van der Waals surface area contributed by atoms with E-state index in [9.17, 15) is 0 Å². The molecule has 5 heteroatoms. The molecule has 0 aromatic carbocycles. The molecule has 0 aliphatic rings. The third kappa shape index (κ3) is 1.07. The zero-order valence-electron chi connectivity index (χ0n) is 5.65. The average Bonchev–Trinajstić information content (AvgIpc) is 2.58. The number of H-pyrrole nitrogens is 2. The van der Waals surface area contributed by atoms with Gasteiger partial charge in [-0.3, -0.25) is 0 Å². The van der Waals surface area contributed by atoms with Crippen LogP contribution >= 0.6 is 0 Å². The second kappa shape index (κ2) is 2.45. The molecule has 11 heavy (non-hydrogen) atoms. The quantitative estimate of drug-likeness (QED) is 0.602. The van der Waals surface area contributed by atoms with Crippen molar-refractivity contribution in [3.05, 3.63) is 24.5 Å². The number of nitrogens with one attached hydrogen (secondary N) is 2. The van der Waals surface area contributed by atoms with E-state index in [2.05, 4.69) is 25.6 Å². The van der Waals surface area contributed by atoms with E-state index in [0.717, 1.165) is 5.56 Å². The topological polar surface area (TPSA) is 68.6 Å². The van der Waals surface area contributed by atoms with Crippen LogP contribution in [0.15, 0.2) is 24.5 Å². The van der Waals surface area contributed by atoms with Gasteiger partial charge in [0.25, 0.3) is 0 Å². The Morgan fingerprint density at radius 1 is 1.27 bits per heavy atom. The monoisotopic (exact) mass is 148 g/mol. The number of aromatic amines is 2. The van der Waals surface area contributed by atoms with Crippen LogP contribution in [0, 0.1) is 0 Å². The second-order valence-corrected chi connectivity index (χ2v) is 2.02. The summed E-state index contributed by atoms with van der Waals surface area (Å²) in [4.78, 5) is 2.91. The molecule has 0 aliphatic heterocycles. The summed E-state index contributed by atoms with van der Waals surface area (Å²) in [6, 6.07) is 3.76. The normalized spacial score (nSPS) is 9.82. The van der Waals surface area contributed by atoms with Crippen LogP contribution < -0.4 is 4.98 Å². The maximum atomic E-state index is 3.83. The van der Waals surface area contributed by atoms with Crippen molar-refractivity contribution >= 4 is 0 Å². The van der Waals surface area contributed by atoms with Gasteiger partial charge in [-0.1, -0.05) is 0 Å². The van der Waals surface area contributed by atoms with Gasteiger partial charge >= 0.3 is 0 Å². The minimum atomic E-state index is 0.610. The molecule has 0 saturated heterocycles. The molecule has 5 nitrogen and oxygen atoms in total. The van der Waals surface area contributed by atoms with Gasteiger partial charge in [-0.15, -0.1) is 10.2 Å². The van der Waals surface area contributed by atoms with Gasteiger partial charge in [0.1, 0.15) is 0 Å². The van der Waals surface area contributed by atoms with Crippen molar-refractivity contribution in [2.24, 2.45) is 0 Å². The van der Waals surface area contributed by atoms with Crippen LogP contribution in [0.4, 0.5) is 0 Å². The van der Waals surface area contributed by atoms with Gasteiger partial charge in [-0.2, -0.15) is 5.21 Å². The van der Waals surface area contributed by atoms with Gasteiger partial charge < -0.3 is 0 Å². The maximum Gasteiger partial charge on any atom is 0.205 e. The largest absolute Gasteiger partial charge is 0.218 e. The molecular weight excluding hydrogens is 142 g/mol. The smallest absolute Gasteiger partial charge is 0.205 e. The lowest BCUT2D eigenvalue weighted by atomic mass is 10.3. The lowest BCUT2D eigenvalue weighted by molar-refractivity contribution is -0.377. The fourth-order valence-corrected chi connectivity index (χ4v) is 0.820. The van der Waals surface area contributed by atoms with Crippen molar-refractivity contribution in [2.75, 3.05) is 0 Å². The SMILES string of the molecule is c1cc(-c2nn[nH]n2)cc[nH+]1. The Bertz CT molecular complexity index is 314. The molecule has 0 bridgehead atoms. The Morgan fingerprint density at radius 3 is 2.73 bits per heavy atom. The molecule has 0 unspecified atom stereocenters. The molecule has 2 N–H and O–H groups in total. The van der Waals surface area contributed by atoms with Gasteiger partial charge in [0.15, 0.2) is 12.4 Å². The summed E-state index contributed by atoms with van der Waals surface area (Å²) in [7, 11) is 0. The minimum Gasteiger partial charge on any atom is -0.218 e. The molecule has 0 amide bonds. The number of nitrogens with zero attached hydrogens (tertiary/aromatic N) is 3. The number of aromatic nitrogens is 5. The van der Waals surface area contributed by atoms with Crippen LogP contribution in [-0.4, -0.2) is 20.6 Å². The van der Waals surface area contributed by atoms with Crippen molar-refractivity contribution in [2.45, 2.75) is 0 Å². The van der Waals surface area contributed by atoms with Crippen LogP contribution in [0.1, 0.15) is 0 Å². The van der Waals surface area contributed by atoms with Crippen molar-refractivity contribution in [3.63, 3.8) is 0 Å². The van der Waals surface area contributed by atoms with Crippen LogP contribution in [-0.2, 0) is 0 Å². The zero-order valence-corrected chi connectivity index (χ0v) is 5.65. The molecule has 54 valence electrons. The Labute approximate surface area is 62.5 Å². The Hall–Kier alpha value is -1.78. The van der Waals surface area contributed by atoms with Crippen molar-refractivity contribution < 1.29 is 4.98 Å². The lowest BCUT2D eigenvalue weighted by Crippen LogP contribution is -1.97. The first-order valence-electron chi connectivity index (χ1n) is 3.17. The molecule has 0 spiro atoms. The highest BCUT2D eigenvalue weighted by atomic mass is 15.5. The summed E-state index contributed by atoms with van der Waals surface area (Å²) in [5.41, 5.74) is 0.942. The molecule has 2 rings (SSSR count). The highest BCUT2D eigenvalue weighted by Gasteiger charge is 2.00. The van der Waals surface area contributed by atoms with Gasteiger partial charge in [0, 0.05) is 17.7 Å². The predicted octanol–water partition coefficient (Wildman–Crippen LogP) is -0.319. The summed E-state index contributed by atoms with van der Waals surface area (Å²) in [6.07, 6.45) is 3.62. The van der Waals surface area contributed by atoms with Crippen LogP contribution in [0.5, 0.6) is 0 Å². The summed E-state index contributed by atoms with van der Waals surface area (Å²) >= 11 is 0. The van der Waals surface area contributed by atoms with Gasteiger partial charge in [0.2, 0.25) is 5.82 Å². The van der Waals surface area contributed by atoms with E-state index in [0.29, 0.717) is 5.82 Å². The van der Waals surface area contributed by atoms with E-state index in [1.54, 1.807) is 0 Å². The van der Waals surface area contributed by atoms with E-state index in [-0.39, 0.29) is 0 Å². The number of pyridine rings is 1. The molecule has 2 aromatic rings. The van der Waals surface area contributed by atoms with Gasteiger partial charge in [-0.05, 0) is 5.21 Å². The average molecular weight is 148 g/mol. The van der Waals surface area contributed by atoms with Crippen LogP contribution in [0.25, 0.3) is 11.4 Å². The van der Waals surface area contributed by atoms with E-state index >= 15 is 0 Å². The Kier molecular flexibility index (Phi) is 1.33. The van der Waals surface area contributed by atoms with Gasteiger partial charge in [0.05, 0.1) is 0 Å². The molecule has 2 heterocycles. The van der Waals surface area contributed by atoms with E-state index in [4.69, 9.17) is 0 Å². The van der Waals surface area contributed by atoms with Gasteiger partial charge in [-0.25, -0.2) is 4.98 Å². The van der Waals surface area contributed by atoms with Crippen LogP contribution in [0.2, 0.25) is 0 Å². The number of hydrogen-bond donors (Lipinski definition) is 1. The minimum absolute atomic E-state index is 0.610. The van der Waals surface area contributed by atoms with E-state index in [1.165, 1.54) is 0 Å². The standard InChI is InChI=1S/C6H5N5/c1-3-7-4-2-5(1)6-8-10-11-9-6/h1-4H,(H,8,9,10,11)/p+1. The third-order valence-electron chi connectivity index (χ3n) is 1.32. The van der Waals surface area contributed by atoms with Crippen molar-refractivity contribution in [3.8, 4) is 11.4 Å². The van der Waals surface area contributed by atoms with Crippen molar-refractivity contribution in [1.29, 1.82) is 0 Å². The molecule has 0 atom stereocenters. The summed E-state index contributed by atoms with van der Waals surface area (Å²) < 4.78 is 0. The van der Waals surface area contributed by atoms with E-state index in [1.807, 2.05) is 24.5 Å². The Balaban J connectivity index is 2.46. The highest BCUT2D eigenvalue weighted by Crippen LogP contribution is 2.08. The molecule has 2 aromatic heterocycles. The lowest BCUT2D eigenvalue weighted by Gasteiger charge is -1.85. The highest BCUT2D eigenvalue weighted by molar-refractivity contribution is 5.51. The first-order chi connectivity index (χ1) is 5.47. The summed E-state index contributed by atoms with van der Waals surface area (Å²) in [5, 5.41) is 13.5. The third-order valence-corrected chi connectivity index (χ3v) is 1.32. The van der Waals surface area contributed by atoms with Crippen molar-refractivity contribution in [1.82, 2.24) is 20.6 Å². The fraction of sp³-hybridized carbons (Fsp3) is 0.